The lowest BCUT2D eigenvalue weighted by Crippen LogP contribution is -2.39. The van der Waals surface area contributed by atoms with Crippen molar-refractivity contribution in [2.75, 3.05) is 22.5 Å². The fourth-order valence-electron chi connectivity index (χ4n) is 4.41. The number of nitrogens with zero attached hydrogens (tertiary/aromatic N) is 5. The van der Waals surface area contributed by atoms with Gasteiger partial charge in [0.05, 0.1) is 30.3 Å². The van der Waals surface area contributed by atoms with E-state index in [1.807, 2.05) is 6.07 Å². The first kappa shape index (κ1) is 25.0. The van der Waals surface area contributed by atoms with Crippen LogP contribution in [-0.4, -0.2) is 60.2 Å². The molecule has 1 amide bonds. The molecule has 0 bridgehead atoms. The predicted octanol–water partition coefficient (Wildman–Crippen LogP) is 3.05. The van der Waals surface area contributed by atoms with Crippen molar-refractivity contribution >= 4 is 40.5 Å². The zero-order valence-corrected chi connectivity index (χ0v) is 20.3. The van der Waals surface area contributed by atoms with Crippen molar-refractivity contribution in [3.05, 3.63) is 66.6 Å². The van der Waals surface area contributed by atoms with Crippen molar-refractivity contribution in [2.24, 2.45) is 0 Å². The molecular formula is C25H26FN9O3. The smallest absolute Gasteiger partial charge is 0.317 e. The SMILES string of the molecule is O=C(O)CN[C@H]1CC[C@H](Nc2cc(Nc3ccccn3)c3ncc(C(=O)Nc4ccncc4F)n3n2)CC1. The number of carboxylic acid groups (broad SMARTS) is 1. The summed E-state index contributed by atoms with van der Waals surface area (Å²) in [6, 6.07) is 8.88. The van der Waals surface area contributed by atoms with E-state index in [4.69, 9.17) is 5.11 Å². The van der Waals surface area contributed by atoms with E-state index in [9.17, 15) is 14.0 Å². The van der Waals surface area contributed by atoms with Crippen LogP contribution >= 0.6 is 0 Å². The van der Waals surface area contributed by atoms with Gasteiger partial charge >= 0.3 is 5.97 Å². The van der Waals surface area contributed by atoms with Crippen molar-refractivity contribution in [1.29, 1.82) is 0 Å². The average molecular weight is 520 g/mol. The fraction of sp³-hybridized carbons (Fsp3) is 0.280. The van der Waals surface area contributed by atoms with E-state index in [0.717, 1.165) is 31.9 Å². The molecule has 4 aromatic heterocycles. The maximum atomic E-state index is 14.1. The maximum Gasteiger partial charge on any atom is 0.317 e. The highest BCUT2D eigenvalue weighted by molar-refractivity contribution is 6.03. The number of imidazole rings is 1. The molecule has 12 nitrogen and oxygen atoms in total. The number of aliphatic carboxylic acids is 1. The van der Waals surface area contributed by atoms with E-state index in [1.54, 1.807) is 24.4 Å². The van der Waals surface area contributed by atoms with E-state index in [1.165, 1.54) is 23.0 Å². The molecule has 0 saturated heterocycles. The summed E-state index contributed by atoms with van der Waals surface area (Å²) in [5, 5.41) is 25.8. The van der Waals surface area contributed by atoms with Gasteiger partial charge in [0, 0.05) is 30.5 Å². The number of anilines is 4. The Balaban J connectivity index is 1.40. The van der Waals surface area contributed by atoms with Crippen LogP contribution in [0.2, 0.25) is 0 Å². The van der Waals surface area contributed by atoms with Crippen LogP contribution in [0.5, 0.6) is 0 Å². The Hall–Kier alpha value is -4.65. The quantitative estimate of drug-likeness (QED) is 0.222. The van der Waals surface area contributed by atoms with Gasteiger partial charge in [0.15, 0.2) is 17.2 Å². The van der Waals surface area contributed by atoms with Gasteiger partial charge in [-0.1, -0.05) is 6.07 Å². The Kier molecular flexibility index (Phi) is 7.35. The summed E-state index contributed by atoms with van der Waals surface area (Å²) < 4.78 is 15.5. The second kappa shape index (κ2) is 11.2. The first-order valence-electron chi connectivity index (χ1n) is 12.2. The number of pyridine rings is 2. The number of hydrogen-bond donors (Lipinski definition) is 5. The van der Waals surface area contributed by atoms with Crippen molar-refractivity contribution in [2.45, 2.75) is 37.8 Å². The number of rotatable bonds is 9. The molecule has 38 heavy (non-hydrogen) atoms. The first-order valence-corrected chi connectivity index (χ1v) is 12.2. The molecule has 1 fully saturated rings. The number of halogens is 1. The van der Waals surface area contributed by atoms with Crippen molar-refractivity contribution in [3.8, 4) is 0 Å². The molecule has 1 aliphatic rings. The van der Waals surface area contributed by atoms with Crippen LogP contribution in [0, 0.1) is 5.82 Å². The van der Waals surface area contributed by atoms with Gasteiger partial charge in [0.1, 0.15) is 11.6 Å². The Morgan fingerprint density at radius 2 is 1.82 bits per heavy atom. The molecule has 0 spiro atoms. The lowest BCUT2D eigenvalue weighted by atomic mass is 9.91. The van der Waals surface area contributed by atoms with Crippen molar-refractivity contribution in [1.82, 2.24) is 29.9 Å². The number of hydrogen-bond acceptors (Lipinski definition) is 9. The van der Waals surface area contributed by atoms with Crippen LogP contribution < -0.4 is 21.3 Å². The third kappa shape index (κ3) is 5.83. The van der Waals surface area contributed by atoms with Crippen LogP contribution in [0.15, 0.2) is 55.1 Å². The number of carbonyl (C=O) groups excluding carboxylic acids is 1. The molecule has 13 heteroatoms. The van der Waals surface area contributed by atoms with Crippen molar-refractivity contribution < 1.29 is 19.1 Å². The van der Waals surface area contributed by atoms with Gasteiger partial charge in [0.2, 0.25) is 0 Å². The van der Waals surface area contributed by atoms with Gasteiger partial charge in [-0.25, -0.2) is 18.9 Å². The normalized spacial score (nSPS) is 17.2. The predicted molar refractivity (Wildman–Crippen MR) is 138 cm³/mol. The molecule has 4 aromatic rings. The molecule has 0 aliphatic heterocycles. The lowest BCUT2D eigenvalue weighted by Gasteiger charge is -2.29. The Bertz CT molecular complexity index is 1440. The molecule has 196 valence electrons. The highest BCUT2D eigenvalue weighted by atomic mass is 19.1. The molecule has 1 saturated carbocycles. The van der Waals surface area contributed by atoms with Crippen molar-refractivity contribution in [3.63, 3.8) is 0 Å². The monoisotopic (exact) mass is 519 g/mol. The summed E-state index contributed by atoms with van der Waals surface area (Å²) in [7, 11) is 0. The zero-order chi connectivity index (χ0) is 26.5. The van der Waals surface area contributed by atoms with Gasteiger partial charge < -0.3 is 26.4 Å². The minimum absolute atomic E-state index is 0.00525. The Morgan fingerprint density at radius 3 is 2.55 bits per heavy atom. The number of carbonyl (C=O) groups is 2. The second-order valence-electron chi connectivity index (χ2n) is 8.94. The Morgan fingerprint density at radius 1 is 1.00 bits per heavy atom. The molecule has 5 rings (SSSR count). The average Bonchev–Trinajstić information content (AvgIpc) is 3.35. The summed E-state index contributed by atoms with van der Waals surface area (Å²) >= 11 is 0. The minimum Gasteiger partial charge on any atom is -0.480 e. The number of fused-ring (bicyclic) bond motifs is 1. The largest absolute Gasteiger partial charge is 0.480 e. The summed E-state index contributed by atoms with van der Waals surface area (Å²) in [6.07, 6.45) is 8.72. The topological polar surface area (TPSA) is 158 Å². The third-order valence-electron chi connectivity index (χ3n) is 6.27. The highest BCUT2D eigenvalue weighted by Gasteiger charge is 2.23. The Labute approximate surface area is 216 Å². The lowest BCUT2D eigenvalue weighted by molar-refractivity contribution is -0.136. The second-order valence-corrected chi connectivity index (χ2v) is 8.94. The zero-order valence-electron chi connectivity index (χ0n) is 20.3. The molecule has 5 N–H and O–H groups in total. The van der Waals surface area contributed by atoms with E-state index in [0.29, 0.717) is 23.0 Å². The fourth-order valence-corrected chi connectivity index (χ4v) is 4.41. The summed E-state index contributed by atoms with van der Waals surface area (Å²) in [4.78, 5) is 36.3. The van der Waals surface area contributed by atoms with Crippen LogP contribution in [0.25, 0.3) is 5.65 Å². The highest BCUT2D eigenvalue weighted by Crippen LogP contribution is 2.27. The third-order valence-corrected chi connectivity index (χ3v) is 6.27. The van der Waals surface area contributed by atoms with E-state index < -0.39 is 17.7 Å². The molecule has 4 heterocycles. The standard InChI is InChI=1S/C25H26FN9O3/c26-17-12-27-10-8-18(17)33-25(38)20-13-30-24-19(32-21-3-1-2-9-28-21)11-22(34-35(20)24)31-16-6-4-15(5-7-16)29-14-23(36)37/h1-3,8-13,15-16,29H,4-7,14H2,(H,28,32)(H,31,34)(H,36,37)(H,27,33,38)/t15-,16-. The molecular weight excluding hydrogens is 493 g/mol. The van der Waals surface area contributed by atoms with Crippen LogP contribution in [0.3, 0.4) is 0 Å². The summed E-state index contributed by atoms with van der Waals surface area (Å²) in [6.45, 7) is -0.0571. The number of carboxylic acids is 1. The number of amides is 1. The summed E-state index contributed by atoms with van der Waals surface area (Å²) in [5.41, 5.74) is 1.08. The van der Waals surface area contributed by atoms with Crippen LogP contribution in [0.1, 0.15) is 36.2 Å². The van der Waals surface area contributed by atoms with Gasteiger partial charge in [0.25, 0.3) is 5.91 Å². The van der Waals surface area contributed by atoms with E-state index >= 15 is 0 Å². The van der Waals surface area contributed by atoms with E-state index in [2.05, 4.69) is 41.3 Å². The van der Waals surface area contributed by atoms with Gasteiger partial charge in [-0.3, -0.25) is 14.6 Å². The minimum atomic E-state index is -0.873. The summed E-state index contributed by atoms with van der Waals surface area (Å²) in [5.74, 6) is -1.01. The number of aromatic nitrogens is 5. The number of nitrogens with one attached hydrogen (secondary N) is 4. The first-order chi connectivity index (χ1) is 18.5. The van der Waals surface area contributed by atoms with Gasteiger partial charge in [-0.05, 0) is 43.9 Å². The van der Waals surface area contributed by atoms with Crippen LogP contribution in [0.4, 0.5) is 27.4 Å². The molecule has 0 aromatic carbocycles. The molecule has 0 radical (unpaired) electrons. The molecule has 0 atom stereocenters. The van der Waals surface area contributed by atoms with Crippen LogP contribution in [-0.2, 0) is 4.79 Å². The van der Waals surface area contributed by atoms with Gasteiger partial charge in [-0.15, -0.1) is 5.10 Å². The maximum absolute atomic E-state index is 14.1. The van der Waals surface area contributed by atoms with E-state index in [-0.39, 0.29) is 30.0 Å². The molecule has 1 aliphatic carbocycles. The van der Waals surface area contributed by atoms with Gasteiger partial charge in [-0.2, -0.15) is 0 Å². The molecule has 0 unspecified atom stereocenters.